The Morgan fingerprint density at radius 3 is 2.96 bits per heavy atom. The first-order chi connectivity index (χ1) is 12.5. The molecule has 4 aliphatic heterocycles. The van der Waals surface area contributed by atoms with Crippen LogP contribution in [0.4, 0.5) is 5.69 Å². The van der Waals surface area contributed by atoms with Crippen molar-refractivity contribution in [3.8, 4) is 0 Å². The minimum absolute atomic E-state index is 0.0237. The molecule has 4 bridgehead atoms. The summed E-state index contributed by atoms with van der Waals surface area (Å²) in [5.41, 5.74) is 1.65. The number of hydroxylamine groups is 1. The van der Waals surface area contributed by atoms with Crippen molar-refractivity contribution in [2.45, 2.75) is 37.5 Å². The first-order valence-corrected chi connectivity index (χ1v) is 9.32. The van der Waals surface area contributed by atoms with Gasteiger partial charge in [0, 0.05) is 49.3 Å². The fourth-order valence-corrected chi connectivity index (χ4v) is 5.37. The molecule has 2 fully saturated rings. The van der Waals surface area contributed by atoms with Gasteiger partial charge in [0.1, 0.15) is 0 Å². The summed E-state index contributed by atoms with van der Waals surface area (Å²) in [6.45, 7) is 3.21. The molecule has 0 spiro atoms. The van der Waals surface area contributed by atoms with E-state index < -0.39 is 11.6 Å². The van der Waals surface area contributed by atoms with Gasteiger partial charge in [0.2, 0.25) is 0 Å². The molecule has 6 nitrogen and oxygen atoms in total. The number of ether oxygens (including phenoxy) is 2. The van der Waals surface area contributed by atoms with Crippen LogP contribution in [-0.4, -0.2) is 43.2 Å². The Kier molecular flexibility index (Phi) is 3.40. The second kappa shape index (κ2) is 5.47. The molecule has 5 atom stereocenters. The van der Waals surface area contributed by atoms with Gasteiger partial charge in [-0.15, -0.1) is 0 Å². The third kappa shape index (κ3) is 2.03. The lowest BCUT2D eigenvalue weighted by molar-refractivity contribution is -0.162. The van der Waals surface area contributed by atoms with Crippen LogP contribution in [0.5, 0.6) is 0 Å². The van der Waals surface area contributed by atoms with E-state index in [0.717, 1.165) is 16.2 Å². The van der Waals surface area contributed by atoms with Crippen molar-refractivity contribution in [3.63, 3.8) is 0 Å². The molecule has 1 unspecified atom stereocenters. The fraction of sp³-hybridized carbons (Fsp3) is 0.550. The van der Waals surface area contributed by atoms with Gasteiger partial charge in [0.05, 0.1) is 25.2 Å². The molecule has 2 saturated heterocycles. The second-order valence-corrected chi connectivity index (χ2v) is 7.96. The highest BCUT2D eigenvalue weighted by molar-refractivity contribution is 5.75. The number of fused-ring (bicyclic) bond motifs is 1. The normalized spacial score (nSPS) is 40.4. The summed E-state index contributed by atoms with van der Waals surface area (Å²) in [5.74, 6) is -0.304. The summed E-state index contributed by atoms with van der Waals surface area (Å²) < 4.78 is 12.2. The number of hydrogen-bond donors (Lipinski definition) is 0. The first kappa shape index (κ1) is 16.1. The molecule has 26 heavy (non-hydrogen) atoms. The van der Waals surface area contributed by atoms with Gasteiger partial charge < -0.3 is 24.6 Å². The molecule has 1 aromatic carbocycles. The van der Waals surface area contributed by atoms with E-state index in [0.29, 0.717) is 31.7 Å². The third-order valence-electron chi connectivity index (χ3n) is 6.57. The van der Waals surface area contributed by atoms with E-state index in [1.54, 1.807) is 0 Å². The highest BCUT2D eigenvalue weighted by Crippen LogP contribution is 2.56. The van der Waals surface area contributed by atoms with E-state index in [1.165, 1.54) is 0 Å². The Hall–Kier alpha value is -2.05. The number of nitrogens with zero attached hydrogens (tertiary/aromatic N) is 2. The van der Waals surface area contributed by atoms with E-state index in [1.807, 2.05) is 38.2 Å². The molecule has 0 aliphatic carbocycles. The molecule has 4 heterocycles. The summed E-state index contributed by atoms with van der Waals surface area (Å²) in [7, 11) is 2.04. The van der Waals surface area contributed by atoms with Crippen molar-refractivity contribution >= 4 is 11.7 Å². The molecule has 6 heteroatoms. The largest absolute Gasteiger partial charge is 0.758 e. The molecule has 5 rings (SSSR count). The maximum Gasteiger partial charge on any atom is 0.307 e. The number of rotatable bonds is 0. The van der Waals surface area contributed by atoms with E-state index in [9.17, 15) is 10.0 Å². The molecule has 0 saturated carbocycles. The lowest BCUT2D eigenvalue weighted by atomic mass is 9.72. The van der Waals surface area contributed by atoms with Gasteiger partial charge >= 0.3 is 5.97 Å². The average Bonchev–Trinajstić information content (AvgIpc) is 2.78. The van der Waals surface area contributed by atoms with E-state index >= 15 is 0 Å². The van der Waals surface area contributed by atoms with Gasteiger partial charge in [-0.1, -0.05) is 18.2 Å². The molecule has 0 aromatic heterocycles. The van der Waals surface area contributed by atoms with Crippen molar-refractivity contribution in [1.29, 1.82) is 0 Å². The van der Waals surface area contributed by atoms with Gasteiger partial charge in [-0.05, 0) is 18.6 Å². The molecule has 4 aliphatic rings. The standard InChI is InChI=1S/C20H23N2O4/c1-12-14-10-21(2)8-7-20-16-5-3-4-6-17(16)22(24)19(20)15(11-25-12)13(14)9-18(23)26-20/h3-6,10,12-13,15,19H,7-9,11H2,1-2H3/q-1/b14-10-/t12-,13+,15-,19+,20?/m1/s1. The number of anilines is 1. The first-order valence-electron chi connectivity index (χ1n) is 9.32. The fourth-order valence-electron chi connectivity index (χ4n) is 5.37. The molecular formula is C20H23N2O4-. The lowest BCUT2D eigenvalue weighted by Gasteiger charge is -2.47. The van der Waals surface area contributed by atoms with Crippen molar-refractivity contribution in [3.05, 3.63) is 46.8 Å². The highest BCUT2D eigenvalue weighted by atomic mass is 16.6. The molecule has 1 aromatic rings. The summed E-state index contributed by atoms with van der Waals surface area (Å²) in [6.07, 6.45) is 2.97. The molecule has 0 radical (unpaired) electrons. The quantitative estimate of drug-likeness (QED) is 0.666. The van der Waals surface area contributed by atoms with E-state index in [4.69, 9.17) is 9.47 Å². The summed E-state index contributed by atoms with van der Waals surface area (Å²) in [5, 5.41) is 14.4. The van der Waals surface area contributed by atoms with Crippen molar-refractivity contribution in [2.24, 2.45) is 11.8 Å². The summed E-state index contributed by atoms with van der Waals surface area (Å²) in [4.78, 5) is 15.0. The molecular weight excluding hydrogens is 332 g/mol. The predicted molar refractivity (Wildman–Crippen MR) is 96.2 cm³/mol. The zero-order valence-electron chi connectivity index (χ0n) is 15.1. The molecule has 0 N–H and O–H groups in total. The second-order valence-electron chi connectivity index (χ2n) is 7.96. The van der Waals surface area contributed by atoms with Gasteiger partial charge in [-0.2, -0.15) is 0 Å². The van der Waals surface area contributed by atoms with Crippen LogP contribution in [0.2, 0.25) is 0 Å². The number of carbonyl (C=O) groups excluding carboxylic acids is 1. The van der Waals surface area contributed by atoms with Crippen LogP contribution < -0.4 is 5.06 Å². The number of para-hydroxylation sites is 1. The van der Waals surface area contributed by atoms with Gasteiger partial charge in [0.15, 0.2) is 5.60 Å². The van der Waals surface area contributed by atoms with Crippen LogP contribution in [0, 0.1) is 17.0 Å². The minimum atomic E-state index is -0.906. The third-order valence-corrected chi connectivity index (χ3v) is 6.57. The van der Waals surface area contributed by atoms with Crippen LogP contribution in [0.15, 0.2) is 36.0 Å². The number of esters is 1. The zero-order valence-corrected chi connectivity index (χ0v) is 15.1. The number of benzene rings is 1. The van der Waals surface area contributed by atoms with Crippen molar-refractivity contribution in [1.82, 2.24) is 4.90 Å². The summed E-state index contributed by atoms with van der Waals surface area (Å²) >= 11 is 0. The topological polar surface area (TPSA) is 65.1 Å². The Labute approximate surface area is 152 Å². The Balaban J connectivity index is 1.75. The predicted octanol–water partition coefficient (Wildman–Crippen LogP) is 2.39. The zero-order chi connectivity index (χ0) is 18.1. The lowest BCUT2D eigenvalue weighted by Crippen LogP contribution is -2.53. The maximum absolute atomic E-state index is 13.4. The molecule has 0 amide bonds. The van der Waals surface area contributed by atoms with Gasteiger partial charge in [0.25, 0.3) is 0 Å². The van der Waals surface area contributed by atoms with E-state index in [-0.39, 0.29) is 23.9 Å². The van der Waals surface area contributed by atoms with E-state index in [2.05, 4.69) is 11.1 Å². The highest BCUT2D eigenvalue weighted by Gasteiger charge is 2.59. The SMILES string of the molecule is C[C@H]1OC[C@H]2[C@@H]3N([O-])c4ccccc4C34CCN(C)/C=C/1[C@@H]2CC(=O)O4. The minimum Gasteiger partial charge on any atom is -0.758 e. The van der Waals surface area contributed by atoms with Crippen LogP contribution >= 0.6 is 0 Å². The van der Waals surface area contributed by atoms with Crippen LogP contribution in [0.3, 0.4) is 0 Å². The van der Waals surface area contributed by atoms with Gasteiger partial charge in [-0.25, -0.2) is 0 Å². The smallest absolute Gasteiger partial charge is 0.307 e. The van der Waals surface area contributed by atoms with Crippen molar-refractivity contribution < 1.29 is 14.3 Å². The van der Waals surface area contributed by atoms with Crippen LogP contribution in [0.25, 0.3) is 0 Å². The number of carbonyl (C=O) groups is 1. The van der Waals surface area contributed by atoms with Crippen LogP contribution in [-0.2, 0) is 19.9 Å². The summed E-state index contributed by atoms with van der Waals surface area (Å²) in [6, 6.07) is 7.11. The number of hydrogen-bond acceptors (Lipinski definition) is 6. The van der Waals surface area contributed by atoms with Crippen LogP contribution in [0.1, 0.15) is 25.3 Å². The average molecular weight is 355 g/mol. The van der Waals surface area contributed by atoms with Gasteiger partial charge in [-0.3, -0.25) is 4.79 Å². The molecule has 138 valence electrons. The Bertz CT molecular complexity index is 794. The Morgan fingerprint density at radius 2 is 2.12 bits per heavy atom. The van der Waals surface area contributed by atoms with Crippen molar-refractivity contribution in [2.75, 3.05) is 25.3 Å². The maximum atomic E-state index is 13.4. The monoisotopic (exact) mass is 355 g/mol. The Morgan fingerprint density at radius 1 is 1.31 bits per heavy atom.